The summed E-state index contributed by atoms with van der Waals surface area (Å²) in [5, 5.41) is 0.339. The molecule has 0 bridgehead atoms. The van der Waals surface area contributed by atoms with Gasteiger partial charge in [-0.25, -0.2) is 9.97 Å². The maximum atomic E-state index is 11.3. The first-order valence-electron chi connectivity index (χ1n) is 3.66. The van der Waals surface area contributed by atoms with Crippen LogP contribution in [0.25, 0.3) is 11.2 Å². The van der Waals surface area contributed by atoms with E-state index in [-0.39, 0.29) is 5.56 Å². The van der Waals surface area contributed by atoms with Crippen LogP contribution in [-0.4, -0.2) is 14.5 Å². The van der Waals surface area contributed by atoms with Gasteiger partial charge < -0.3 is 0 Å². The molecule has 0 amide bonds. The molecule has 4 nitrogen and oxygen atoms in total. The van der Waals surface area contributed by atoms with Gasteiger partial charge >= 0.3 is 0 Å². The van der Waals surface area contributed by atoms with Crippen LogP contribution in [0.2, 0.25) is 5.02 Å². The van der Waals surface area contributed by atoms with E-state index in [1.165, 1.54) is 16.8 Å². The summed E-state index contributed by atoms with van der Waals surface area (Å²) in [6.45, 7) is 0. The predicted octanol–water partition coefficient (Wildman–Crippen LogP) is 0.982. The van der Waals surface area contributed by atoms with E-state index in [2.05, 4.69) is 9.97 Å². The summed E-state index contributed by atoms with van der Waals surface area (Å²) in [7, 11) is 1.63. The predicted molar refractivity (Wildman–Crippen MR) is 49.8 cm³/mol. The Hall–Kier alpha value is -1.42. The third kappa shape index (κ3) is 1.19. The first kappa shape index (κ1) is 8.19. The number of aromatic nitrogens is 3. The number of nitrogens with zero attached hydrogens (tertiary/aromatic N) is 3. The molecule has 2 rings (SSSR count). The summed E-state index contributed by atoms with van der Waals surface area (Å²) in [6.07, 6.45) is 3.07. The largest absolute Gasteiger partial charge is 0.294 e. The van der Waals surface area contributed by atoms with Crippen molar-refractivity contribution >= 4 is 22.8 Å². The Morgan fingerprint density at radius 3 is 2.85 bits per heavy atom. The zero-order valence-electron chi connectivity index (χ0n) is 6.86. The molecule has 2 aromatic rings. The monoisotopic (exact) mass is 195 g/mol. The average molecular weight is 196 g/mol. The van der Waals surface area contributed by atoms with E-state index in [1.807, 2.05) is 0 Å². The fraction of sp³-hybridized carbons (Fsp3) is 0.125. The maximum Gasteiger partial charge on any atom is 0.253 e. The Bertz CT molecular complexity index is 520. The molecule has 0 spiro atoms. The molecule has 0 radical (unpaired) electrons. The molecule has 0 atom stereocenters. The SMILES string of the molecule is Cn1c(=O)cc(Cl)c2nccnc21. The lowest BCUT2D eigenvalue weighted by atomic mass is 10.4. The van der Waals surface area contributed by atoms with Gasteiger partial charge in [-0.2, -0.15) is 0 Å². The van der Waals surface area contributed by atoms with Gasteiger partial charge in [0.25, 0.3) is 5.56 Å². The van der Waals surface area contributed by atoms with Crippen molar-refractivity contribution in [1.29, 1.82) is 0 Å². The van der Waals surface area contributed by atoms with Gasteiger partial charge in [-0.15, -0.1) is 0 Å². The Labute approximate surface area is 78.8 Å². The quantitative estimate of drug-likeness (QED) is 0.630. The van der Waals surface area contributed by atoms with Crippen LogP contribution in [0.3, 0.4) is 0 Å². The number of hydrogen-bond acceptors (Lipinski definition) is 3. The number of fused-ring (bicyclic) bond motifs is 1. The van der Waals surface area contributed by atoms with E-state index in [0.717, 1.165) is 0 Å². The van der Waals surface area contributed by atoms with Gasteiger partial charge in [-0.05, 0) is 0 Å². The van der Waals surface area contributed by atoms with E-state index in [9.17, 15) is 4.79 Å². The van der Waals surface area contributed by atoms with Crippen LogP contribution < -0.4 is 5.56 Å². The average Bonchev–Trinajstić information content (AvgIpc) is 2.15. The normalized spacial score (nSPS) is 10.6. The van der Waals surface area contributed by atoms with Crippen LogP contribution in [0, 0.1) is 0 Å². The highest BCUT2D eigenvalue weighted by atomic mass is 35.5. The maximum absolute atomic E-state index is 11.3. The number of pyridine rings is 1. The Kier molecular flexibility index (Phi) is 1.77. The van der Waals surface area contributed by atoms with E-state index in [4.69, 9.17) is 11.6 Å². The van der Waals surface area contributed by atoms with Gasteiger partial charge in [-0.3, -0.25) is 9.36 Å². The van der Waals surface area contributed by atoms with Crippen molar-refractivity contribution in [3.05, 3.63) is 33.8 Å². The summed E-state index contributed by atoms with van der Waals surface area (Å²) < 4.78 is 1.41. The van der Waals surface area contributed by atoms with E-state index < -0.39 is 0 Å². The molecule has 0 saturated heterocycles. The zero-order chi connectivity index (χ0) is 9.42. The molecule has 0 N–H and O–H groups in total. The second-order valence-corrected chi connectivity index (χ2v) is 3.03. The van der Waals surface area contributed by atoms with Crippen molar-refractivity contribution in [2.75, 3.05) is 0 Å². The Morgan fingerprint density at radius 1 is 1.38 bits per heavy atom. The summed E-state index contributed by atoms with van der Waals surface area (Å²) in [5.41, 5.74) is 0.865. The summed E-state index contributed by atoms with van der Waals surface area (Å²) in [4.78, 5) is 19.3. The van der Waals surface area contributed by atoms with E-state index >= 15 is 0 Å². The minimum Gasteiger partial charge on any atom is -0.294 e. The number of hydrogen-bond donors (Lipinski definition) is 0. The first-order valence-corrected chi connectivity index (χ1v) is 4.04. The van der Waals surface area contributed by atoms with E-state index in [0.29, 0.717) is 16.2 Å². The smallest absolute Gasteiger partial charge is 0.253 e. The molecule has 13 heavy (non-hydrogen) atoms. The minimum atomic E-state index is -0.182. The van der Waals surface area contributed by atoms with Gasteiger partial charge in [0.1, 0.15) is 5.52 Å². The van der Waals surface area contributed by atoms with Gasteiger partial charge in [0.15, 0.2) is 5.65 Å². The molecule has 2 heterocycles. The second-order valence-electron chi connectivity index (χ2n) is 2.62. The van der Waals surface area contributed by atoms with Crippen molar-refractivity contribution in [2.45, 2.75) is 0 Å². The second kappa shape index (κ2) is 2.81. The fourth-order valence-electron chi connectivity index (χ4n) is 1.12. The van der Waals surface area contributed by atoms with Crippen molar-refractivity contribution in [2.24, 2.45) is 7.05 Å². The van der Waals surface area contributed by atoms with Gasteiger partial charge in [-0.1, -0.05) is 11.6 Å². The molecular weight excluding hydrogens is 190 g/mol. The van der Waals surface area contributed by atoms with Crippen molar-refractivity contribution in [1.82, 2.24) is 14.5 Å². The Balaban J connectivity index is 3.06. The summed E-state index contributed by atoms with van der Waals surface area (Å²) >= 11 is 5.82. The third-order valence-corrected chi connectivity index (χ3v) is 2.09. The molecule has 0 saturated carbocycles. The van der Waals surface area contributed by atoms with Crippen LogP contribution in [0.5, 0.6) is 0 Å². The molecule has 0 aliphatic carbocycles. The minimum absolute atomic E-state index is 0.182. The van der Waals surface area contributed by atoms with Crippen molar-refractivity contribution < 1.29 is 0 Å². The van der Waals surface area contributed by atoms with Crippen LogP contribution >= 0.6 is 11.6 Å². The number of halogens is 1. The standard InChI is InChI=1S/C8H6ClN3O/c1-12-6(13)4-5(9)7-8(12)11-3-2-10-7/h2-4H,1H3. The fourth-order valence-corrected chi connectivity index (χ4v) is 1.35. The zero-order valence-corrected chi connectivity index (χ0v) is 7.62. The molecule has 2 aromatic heterocycles. The lowest BCUT2D eigenvalue weighted by Crippen LogP contribution is -2.16. The molecule has 66 valence electrons. The van der Waals surface area contributed by atoms with Crippen molar-refractivity contribution in [3.8, 4) is 0 Å². The lowest BCUT2D eigenvalue weighted by Gasteiger charge is -2.02. The molecule has 0 aliphatic rings. The van der Waals surface area contributed by atoms with Crippen LogP contribution in [0.15, 0.2) is 23.3 Å². The summed E-state index contributed by atoms with van der Waals surface area (Å²) in [6, 6.07) is 1.33. The van der Waals surface area contributed by atoms with Crippen LogP contribution in [0.1, 0.15) is 0 Å². The number of aryl methyl sites for hydroxylation is 1. The van der Waals surface area contributed by atoms with Gasteiger partial charge in [0.2, 0.25) is 0 Å². The summed E-state index contributed by atoms with van der Waals surface area (Å²) in [5.74, 6) is 0. The highest BCUT2D eigenvalue weighted by Crippen LogP contribution is 2.15. The van der Waals surface area contributed by atoms with Gasteiger partial charge in [0, 0.05) is 25.5 Å². The van der Waals surface area contributed by atoms with Gasteiger partial charge in [0.05, 0.1) is 5.02 Å². The third-order valence-electron chi connectivity index (χ3n) is 1.80. The highest BCUT2D eigenvalue weighted by molar-refractivity contribution is 6.34. The van der Waals surface area contributed by atoms with Crippen LogP contribution in [-0.2, 0) is 7.05 Å². The Morgan fingerprint density at radius 2 is 2.08 bits per heavy atom. The van der Waals surface area contributed by atoms with Crippen LogP contribution in [0.4, 0.5) is 0 Å². The van der Waals surface area contributed by atoms with E-state index in [1.54, 1.807) is 13.2 Å². The molecular formula is C8H6ClN3O. The molecule has 0 unspecified atom stereocenters. The lowest BCUT2D eigenvalue weighted by molar-refractivity contribution is 0.883. The first-order chi connectivity index (χ1) is 6.20. The molecule has 5 heteroatoms. The number of rotatable bonds is 0. The highest BCUT2D eigenvalue weighted by Gasteiger charge is 2.05. The molecule has 0 fully saturated rings. The van der Waals surface area contributed by atoms with Crippen molar-refractivity contribution in [3.63, 3.8) is 0 Å². The molecule has 0 aromatic carbocycles. The molecule has 0 aliphatic heterocycles. The topological polar surface area (TPSA) is 47.8 Å².